The van der Waals surface area contributed by atoms with Crippen molar-refractivity contribution in [3.63, 3.8) is 0 Å². The number of hydrogen-bond acceptors (Lipinski definition) is 11. The van der Waals surface area contributed by atoms with E-state index < -0.39 is 5.91 Å². The van der Waals surface area contributed by atoms with Gasteiger partial charge in [0, 0.05) is 44.7 Å². The summed E-state index contributed by atoms with van der Waals surface area (Å²) in [5.41, 5.74) is 13.0. The molecule has 3 aromatic rings. The lowest BCUT2D eigenvalue weighted by molar-refractivity contribution is 0.100. The third kappa shape index (κ3) is 4.98. The Hall–Kier alpha value is -4.48. The van der Waals surface area contributed by atoms with E-state index in [2.05, 4.69) is 35.8 Å². The van der Waals surface area contributed by atoms with Crippen molar-refractivity contribution in [2.45, 2.75) is 6.92 Å². The van der Waals surface area contributed by atoms with Crippen molar-refractivity contribution in [2.75, 3.05) is 31.3 Å². The van der Waals surface area contributed by atoms with Crippen LogP contribution in [0.4, 0.5) is 17.5 Å². The highest BCUT2D eigenvalue weighted by molar-refractivity contribution is 5.98. The normalized spacial score (nSPS) is 11.5. The van der Waals surface area contributed by atoms with Crippen LogP contribution in [0, 0.1) is 6.92 Å². The Bertz CT molecular complexity index is 1170. The molecule has 0 atom stereocenters. The van der Waals surface area contributed by atoms with E-state index in [1.165, 1.54) is 19.5 Å². The average molecular weight is 437 g/mol. The number of methoxy groups -OCH3 is 1. The number of nitrogens with two attached hydrogens (primary N) is 2. The van der Waals surface area contributed by atoms with Crippen molar-refractivity contribution < 1.29 is 13.9 Å². The molecule has 2 aromatic heterocycles. The summed E-state index contributed by atoms with van der Waals surface area (Å²) in [6.07, 6.45) is 4.36. The summed E-state index contributed by atoms with van der Waals surface area (Å²) in [6, 6.07) is 5.29. The predicted molar refractivity (Wildman–Crippen MR) is 120 cm³/mol. The zero-order chi connectivity index (χ0) is 23.1. The van der Waals surface area contributed by atoms with Crippen LogP contribution in [0.15, 0.2) is 45.6 Å². The van der Waals surface area contributed by atoms with Crippen LogP contribution >= 0.6 is 0 Å². The van der Waals surface area contributed by atoms with E-state index >= 15 is 0 Å². The van der Waals surface area contributed by atoms with E-state index in [0.29, 0.717) is 35.3 Å². The number of amides is 1. The molecule has 0 saturated heterocycles. The lowest BCUT2D eigenvalue weighted by Crippen LogP contribution is -2.17. The number of primary amides is 1. The molecular weight excluding hydrogens is 414 g/mol. The van der Waals surface area contributed by atoms with Gasteiger partial charge in [0.25, 0.3) is 11.8 Å². The number of aliphatic imine (C=N–C) groups is 1. The fraction of sp³-hybridized carbons (Fsp3) is 0.200. The molecule has 0 aliphatic heterocycles. The summed E-state index contributed by atoms with van der Waals surface area (Å²) < 4.78 is 11.1. The fourth-order valence-corrected chi connectivity index (χ4v) is 2.79. The Morgan fingerprint density at radius 3 is 2.78 bits per heavy atom. The van der Waals surface area contributed by atoms with Gasteiger partial charge in [-0.05, 0) is 12.1 Å². The van der Waals surface area contributed by atoms with Crippen molar-refractivity contribution in [3.05, 3.63) is 47.6 Å². The van der Waals surface area contributed by atoms with E-state index in [0.717, 1.165) is 5.57 Å². The quantitative estimate of drug-likeness (QED) is 0.359. The van der Waals surface area contributed by atoms with E-state index in [9.17, 15) is 4.79 Å². The number of nitrogens with one attached hydrogen (secondary N) is 2. The first-order chi connectivity index (χ1) is 15.5. The second-order valence-corrected chi connectivity index (χ2v) is 6.44. The van der Waals surface area contributed by atoms with E-state index in [-0.39, 0.29) is 17.3 Å². The molecule has 1 amide bonds. The molecule has 0 spiro atoms. The van der Waals surface area contributed by atoms with Gasteiger partial charge in [-0.15, -0.1) is 10.2 Å². The third-order valence-corrected chi connectivity index (χ3v) is 4.24. The molecule has 2 heterocycles. The predicted octanol–water partition coefficient (Wildman–Crippen LogP) is 1.64. The molecule has 32 heavy (non-hydrogen) atoms. The maximum absolute atomic E-state index is 11.9. The smallest absolute Gasteiger partial charge is 0.254 e. The Labute approximate surface area is 183 Å². The Balaban J connectivity index is 1.96. The number of para-hydroxylation sites is 1. The molecule has 0 aliphatic carbocycles. The summed E-state index contributed by atoms with van der Waals surface area (Å²) in [7, 11) is 3.14. The van der Waals surface area contributed by atoms with E-state index in [1.54, 1.807) is 38.4 Å². The summed E-state index contributed by atoms with van der Waals surface area (Å²) in [5, 5.41) is 14.0. The minimum Gasteiger partial charge on any atom is -0.494 e. The zero-order valence-electron chi connectivity index (χ0n) is 17.8. The summed E-state index contributed by atoms with van der Waals surface area (Å²) in [6.45, 7) is 2.02. The molecule has 6 N–H and O–H groups in total. The number of aryl methyl sites for hydroxylation is 1. The average Bonchev–Trinajstić information content (AvgIpc) is 3.22. The molecule has 0 radical (unpaired) electrons. The van der Waals surface area contributed by atoms with Crippen LogP contribution in [0.1, 0.15) is 16.2 Å². The van der Waals surface area contributed by atoms with E-state index in [1.807, 2.05) is 0 Å². The van der Waals surface area contributed by atoms with Gasteiger partial charge in [0.1, 0.15) is 11.4 Å². The Morgan fingerprint density at radius 2 is 2.16 bits per heavy atom. The van der Waals surface area contributed by atoms with Crippen molar-refractivity contribution in [3.8, 4) is 17.2 Å². The maximum Gasteiger partial charge on any atom is 0.254 e. The van der Waals surface area contributed by atoms with Crippen LogP contribution in [0.25, 0.3) is 11.5 Å². The van der Waals surface area contributed by atoms with Crippen LogP contribution in [0.3, 0.4) is 0 Å². The topological polar surface area (TPSA) is 179 Å². The van der Waals surface area contributed by atoms with Gasteiger partial charge in [-0.3, -0.25) is 9.79 Å². The number of benzene rings is 1. The number of anilines is 3. The molecule has 0 saturated carbocycles. The van der Waals surface area contributed by atoms with Gasteiger partial charge in [-0.25, -0.2) is 4.98 Å². The van der Waals surface area contributed by atoms with Gasteiger partial charge in [0.05, 0.1) is 18.4 Å². The molecule has 0 bridgehead atoms. The van der Waals surface area contributed by atoms with Crippen LogP contribution < -0.4 is 26.8 Å². The summed E-state index contributed by atoms with van der Waals surface area (Å²) in [4.78, 5) is 24.4. The van der Waals surface area contributed by atoms with E-state index in [4.69, 9.17) is 20.6 Å². The molecule has 0 unspecified atom stereocenters. The first kappa shape index (κ1) is 22.2. The molecule has 0 fully saturated rings. The van der Waals surface area contributed by atoms with Crippen molar-refractivity contribution in [1.82, 2.24) is 20.2 Å². The highest BCUT2D eigenvalue weighted by Crippen LogP contribution is 2.37. The van der Waals surface area contributed by atoms with Gasteiger partial charge in [-0.1, -0.05) is 6.07 Å². The Morgan fingerprint density at radius 1 is 1.34 bits per heavy atom. The molecule has 3 rings (SSSR count). The second kappa shape index (κ2) is 10.0. The molecular formula is C20H23N9O3. The molecule has 166 valence electrons. The zero-order valence-corrected chi connectivity index (χ0v) is 17.8. The summed E-state index contributed by atoms with van der Waals surface area (Å²) in [5.74, 6) is 0.886. The van der Waals surface area contributed by atoms with Crippen LogP contribution in [0.5, 0.6) is 5.75 Å². The summed E-state index contributed by atoms with van der Waals surface area (Å²) >= 11 is 0. The monoisotopic (exact) mass is 437 g/mol. The molecule has 12 nitrogen and oxygen atoms in total. The lowest BCUT2D eigenvalue weighted by Gasteiger charge is -2.15. The van der Waals surface area contributed by atoms with Gasteiger partial charge in [0.2, 0.25) is 11.8 Å². The number of aromatic nitrogens is 4. The molecule has 0 aliphatic rings. The number of ether oxygens (including phenoxy) is 1. The van der Waals surface area contributed by atoms with Crippen LogP contribution in [0.2, 0.25) is 0 Å². The highest BCUT2D eigenvalue weighted by Gasteiger charge is 2.19. The first-order valence-corrected chi connectivity index (χ1v) is 9.45. The van der Waals surface area contributed by atoms with Crippen LogP contribution in [-0.2, 0) is 0 Å². The lowest BCUT2D eigenvalue weighted by atomic mass is 10.1. The number of carbonyl (C=O) groups excluding carboxylic acids is 1. The first-order valence-electron chi connectivity index (χ1n) is 9.45. The molecule has 12 heteroatoms. The van der Waals surface area contributed by atoms with Gasteiger partial charge < -0.3 is 31.3 Å². The Kier molecular flexibility index (Phi) is 6.95. The molecule has 1 aromatic carbocycles. The van der Waals surface area contributed by atoms with Crippen LogP contribution in [-0.4, -0.2) is 53.0 Å². The van der Waals surface area contributed by atoms with Gasteiger partial charge >= 0.3 is 0 Å². The van der Waals surface area contributed by atoms with Gasteiger partial charge in [0.15, 0.2) is 5.75 Å². The third-order valence-electron chi connectivity index (χ3n) is 4.24. The van der Waals surface area contributed by atoms with Crippen molar-refractivity contribution in [2.24, 2.45) is 16.5 Å². The number of nitrogens with zero attached hydrogens (tertiary/aromatic N) is 5. The maximum atomic E-state index is 11.9. The minimum atomic E-state index is -0.692. The number of rotatable bonds is 9. The van der Waals surface area contributed by atoms with Crippen molar-refractivity contribution >= 4 is 29.6 Å². The standard InChI is InChI=1S/C20H23N9O3/c1-11-28-29-19(32-11)13-5-4-6-15(16(13)31-3)26-18-14(17(22)30)10-25-20(27-18)24-9-12(7-21)8-23-2/h4-8,10H,9,21H2,1-3H3,(H2,22,30)(H2,24,25,26,27). The van der Waals surface area contributed by atoms with Crippen molar-refractivity contribution in [1.29, 1.82) is 0 Å². The number of hydrogen-bond donors (Lipinski definition) is 4. The SMILES string of the molecule is CN=CC(=CN)CNc1ncc(C(N)=O)c(Nc2cccc(-c3nnc(C)o3)c2OC)n1. The van der Waals surface area contributed by atoms with Gasteiger partial charge in [-0.2, -0.15) is 4.98 Å². The number of carbonyl (C=O) groups is 1. The minimum absolute atomic E-state index is 0.0985. The fourth-order valence-electron chi connectivity index (χ4n) is 2.79. The highest BCUT2D eigenvalue weighted by atomic mass is 16.5. The second-order valence-electron chi connectivity index (χ2n) is 6.44. The largest absolute Gasteiger partial charge is 0.494 e.